The average molecular weight is 198 g/mol. The maximum atomic E-state index is 11.0. The van der Waals surface area contributed by atoms with Crippen LogP contribution in [0, 0.1) is 5.92 Å². The van der Waals surface area contributed by atoms with Crippen molar-refractivity contribution in [3.8, 4) is 0 Å². The van der Waals surface area contributed by atoms with Gasteiger partial charge < -0.3 is 9.53 Å². The third-order valence-electron chi connectivity index (χ3n) is 2.12. The van der Waals surface area contributed by atoms with E-state index in [-0.39, 0.29) is 5.97 Å². The van der Waals surface area contributed by atoms with Crippen molar-refractivity contribution in [1.29, 1.82) is 0 Å². The van der Waals surface area contributed by atoms with E-state index < -0.39 is 0 Å². The zero-order chi connectivity index (χ0) is 11.0. The molecule has 0 aliphatic rings. The lowest BCUT2D eigenvalue weighted by molar-refractivity contribution is -0.136. The van der Waals surface area contributed by atoms with Crippen molar-refractivity contribution in [3.05, 3.63) is 11.6 Å². The third kappa shape index (κ3) is 5.51. The van der Waals surface area contributed by atoms with Gasteiger partial charge in [0.05, 0.1) is 7.11 Å². The van der Waals surface area contributed by atoms with Crippen LogP contribution in [0.2, 0.25) is 0 Å². The van der Waals surface area contributed by atoms with Gasteiger partial charge in [-0.3, -0.25) is 0 Å². The molecule has 0 fully saturated rings. The Hall–Kier alpha value is -1.12. The van der Waals surface area contributed by atoms with E-state index in [2.05, 4.69) is 4.74 Å². The number of aldehydes is 1. The second-order valence-electron chi connectivity index (χ2n) is 3.46. The van der Waals surface area contributed by atoms with Crippen molar-refractivity contribution >= 4 is 12.3 Å². The lowest BCUT2D eigenvalue weighted by Crippen LogP contribution is -2.01. The van der Waals surface area contributed by atoms with Crippen LogP contribution < -0.4 is 0 Å². The number of hydrogen-bond donors (Lipinski definition) is 0. The summed E-state index contributed by atoms with van der Waals surface area (Å²) in [6, 6.07) is 0. The first-order chi connectivity index (χ1) is 6.61. The summed E-state index contributed by atoms with van der Waals surface area (Å²) < 4.78 is 4.55. The number of ether oxygens (including phenoxy) is 1. The Morgan fingerprint density at radius 2 is 2.14 bits per heavy atom. The molecule has 0 unspecified atom stereocenters. The minimum absolute atomic E-state index is 0.284. The number of methoxy groups -OCH3 is 1. The summed E-state index contributed by atoms with van der Waals surface area (Å²) >= 11 is 0. The van der Waals surface area contributed by atoms with Gasteiger partial charge in [-0.2, -0.15) is 0 Å². The molecule has 0 aliphatic carbocycles. The van der Waals surface area contributed by atoms with Crippen molar-refractivity contribution in [2.75, 3.05) is 7.11 Å². The van der Waals surface area contributed by atoms with E-state index in [1.165, 1.54) is 7.11 Å². The first kappa shape index (κ1) is 12.9. The fraction of sp³-hybridized carbons (Fsp3) is 0.636. The Bertz CT molecular complexity index is 219. The first-order valence-electron chi connectivity index (χ1n) is 4.80. The maximum absolute atomic E-state index is 11.0. The van der Waals surface area contributed by atoms with Crippen molar-refractivity contribution in [1.82, 2.24) is 0 Å². The molecule has 0 saturated carbocycles. The Kier molecular flexibility index (Phi) is 6.72. The molecular weight excluding hydrogens is 180 g/mol. The van der Waals surface area contributed by atoms with Crippen LogP contribution >= 0.6 is 0 Å². The van der Waals surface area contributed by atoms with Gasteiger partial charge in [-0.15, -0.1) is 0 Å². The summed E-state index contributed by atoms with van der Waals surface area (Å²) in [4.78, 5) is 21.1. The van der Waals surface area contributed by atoms with Crippen molar-refractivity contribution in [3.63, 3.8) is 0 Å². The van der Waals surface area contributed by atoms with Crippen LogP contribution in [0.3, 0.4) is 0 Å². The highest BCUT2D eigenvalue weighted by Crippen LogP contribution is 2.10. The van der Waals surface area contributed by atoms with Gasteiger partial charge in [-0.1, -0.05) is 13.0 Å². The molecule has 1 atom stereocenters. The molecule has 0 aliphatic heterocycles. The molecule has 0 radical (unpaired) electrons. The van der Waals surface area contributed by atoms with Gasteiger partial charge in [0.1, 0.15) is 6.29 Å². The summed E-state index contributed by atoms with van der Waals surface area (Å²) in [6.45, 7) is 3.76. The standard InChI is InChI=1S/C11H18O3/c1-9(7-8-12)5-4-6-10(2)11(13)14-3/h6,8-9H,4-5,7H2,1-3H3/b10-6+/t9-/m0/s1. The van der Waals surface area contributed by atoms with E-state index in [1.807, 2.05) is 13.0 Å². The van der Waals surface area contributed by atoms with E-state index in [9.17, 15) is 9.59 Å². The van der Waals surface area contributed by atoms with E-state index in [4.69, 9.17) is 0 Å². The van der Waals surface area contributed by atoms with Crippen LogP contribution in [0.4, 0.5) is 0 Å². The first-order valence-corrected chi connectivity index (χ1v) is 4.80. The van der Waals surface area contributed by atoms with Crippen LogP contribution in [0.15, 0.2) is 11.6 Å². The minimum Gasteiger partial charge on any atom is -0.466 e. The molecule has 0 amide bonds. The quantitative estimate of drug-likeness (QED) is 0.373. The highest BCUT2D eigenvalue weighted by atomic mass is 16.5. The van der Waals surface area contributed by atoms with Crippen LogP contribution in [-0.2, 0) is 14.3 Å². The summed E-state index contributed by atoms with van der Waals surface area (Å²) in [7, 11) is 1.37. The van der Waals surface area contributed by atoms with Crippen molar-refractivity contribution < 1.29 is 14.3 Å². The average Bonchev–Trinajstić information content (AvgIpc) is 2.16. The van der Waals surface area contributed by atoms with E-state index in [0.717, 1.165) is 19.1 Å². The molecule has 80 valence electrons. The lowest BCUT2D eigenvalue weighted by Gasteiger charge is -2.04. The molecule has 0 bridgehead atoms. The Morgan fingerprint density at radius 3 is 2.64 bits per heavy atom. The van der Waals surface area contributed by atoms with Gasteiger partial charge in [0.25, 0.3) is 0 Å². The van der Waals surface area contributed by atoms with Gasteiger partial charge >= 0.3 is 5.97 Å². The van der Waals surface area contributed by atoms with E-state index >= 15 is 0 Å². The Labute approximate surface area is 85.1 Å². The summed E-state index contributed by atoms with van der Waals surface area (Å²) in [6.07, 6.45) is 5.11. The number of esters is 1. The molecule has 0 heterocycles. The summed E-state index contributed by atoms with van der Waals surface area (Å²) in [5, 5.41) is 0. The van der Waals surface area contributed by atoms with Crippen molar-refractivity contribution in [2.24, 2.45) is 5.92 Å². The Morgan fingerprint density at radius 1 is 1.50 bits per heavy atom. The monoisotopic (exact) mass is 198 g/mol. The molecule has 3 nitrogen and oxygen atoms in total. The smallest absolute Gasteiger partial charge is 0.333 e. The second kappa shape index (κ2) is 7.30. The topological polar surface area (TPSA) is 43.4 Å². The SMILES string of the molecule is COC(=O)/C(C)=C/CC[C@H](C)CC=O. The van der Waals surface area contributed by atoms with Gasteiger partial charge in [-0.25, -0.2) is 4.79 Å². The van der Waals surface area contributed by atoms with E-state index in [1.54, 1.807) is 6.92 Å². The van der Waals surface area contributed by atoms with Gasteiger partial charge in [0.2, 0.25) is 0 Å². The zero-order valence-corrected chi connectivity index (χ0v) is 9.08. The molecule has 0 rings (SSSR count). The number of carbonyl (C=O) groups excluding carboxylic acids is 2. The molecule has 0 saturated heterocycles. The molecule has 0 aromatic heterocycles. The molecule has 0 aromatic rings. The van der Waals surface area contributed by atoms with Gasteiger partial charge in [0.15, 0.2) is 0 Å². The van der Waals surface area contributed by atoms with Gasteiger partial charge in [-0.05, 0) is 25.7 Å². The number of rotatable bonds is 6. The second-order valence-corrected chi connectivity index (χ2v) is 3.46. The molecule has 0 N–H and O–H groups in total. The van der Waals surface area contributed by atoms with Crippen LogP contribution in [-0.4, -0.2) is 19.4 Å². The zero-order valence-electron chi connectivity index (χ0n) is 9.08. The number of allylic oxidation sites excluding steroid dienone is 1. The molecule has 0 aromatic carbocycles. The van der Waals surface area contributed by atoms with Crippen LogP contribution in [0.25, 0.3) is 0 Å². The number of carbonyl (C=O) groups is 2. The molecule has 0 spiro atoms. The predicted molar refractivity (Wildman–Crippen MR) is 54.9 cm³/mol. The van der Waals surface area contributed by atoms with Crippen molar-refractivity contribution in [2.45, 2.75) is 33.1 Å². The predicted octanol–water partition coefficient (Wildman–Crippen LogP) is 2.11. The van der Waals surface area contributed by atoms with Crippen LogP contribution in [0.5, 0.6) is 0 Å². The highest BCUT2D eigenvalue weighted by molar-refractivity contribution is 5.87. The lowest BCUT2D eigenvalue weighted by atomic mass is 10.0. The molecular formula is C11H18O3. The van der Waals surface area contributed by atoms with Gasteiger partial charge in [0, 0.05) is 12.0 Å². The molecule has 3 heteroatoms. The fourth-order valence-corrected chi connectivity index (χ4v) is 1.11. The highest BCUT2D eigenvalue weighted by Gasteiger charge is 2.03. The summed E-state index contributed by atoms with van der Waals surface area (Å²) in [5.41, 5.74) is 0.630. The largest absolute Gasteiger partial charge is 0.466 e. The fourth-order valence-electron chi connectivity index (χ4n) is 1.11. The normalized spacial score (nSPS) is 13.5. The number of hydrogen-bond acceptors (Lipinski definition) is 3. The minimum atomic E-state index is -0.284. The Balaban J connectivity index is 3.80. The van der Waals surface area contributed by atoms with E-state index in [0.29, 0.717) is 17.9 Å². The molecule has 14 heavy (non-hydrogen) atoms. The summed E-state index contributed by atoms with van der Waals surface area (Å²) in [5.74, 6) is 0.0993. The van der Waals surface area contributed by atoms with Crippen LogP contribution in [0.1, 0.15) is 33.1 Å². The third-order valence-corrected chi connectivity index (χ3v) is 2.12. The maximum Gasteiger partial charge on any atom is 0.333 e.